The van der Waals surface area contributed by atoms with Crippen LogP contribution in [0.25, 0.3) is 11.0 Å². The molecule has 0 amide bonds. The highest BCUT2D eigenvalue weighted by Gasteiger charge is 2.38. The predicted octanol–water partition coefficient (Wildman–Crippen LogP) is 3.10. The van der Waals surface area contributed by atoms with Crippen LogP contribution in [0.1, 0.15) is 72.0 Å². The van der Waals surface area contributed by atoms with E-state index in [0.29, 0.717) is 36.2 Å². The van der Waals surface area contributed by atoms with Gasteiger partial charge in [0, 0.05) is 36.2 Å². The van der Waals surface area contributed by atoms with Crippen molar-refractivity contribution in [3.05, 3.63) is 75.5 Å². The minimum absolute atomic E-state index is 0.0514. The van der Waals surface area contributed by atoms with Crippen LogP contribution >= 0.6 is 0 Å². The average Bonchev–Trinajstić information content (AvgIpc) is 3.60. The molecule has 0 saturated heterocycles. The standard InChI is InChI=1S/C24H21FN8O/c25-15-11-28-21(29-12-15)16-5-6-17(16)22-30-23-19(24(34)31-22)18(10-26)32-33(23)9-7-13-2-1-8-27-20(13)14-3-4-14/h1-2,8,11-12,14,16-17H,3-7,9H2,(H,30,31,34)/t16-,17-/m0/s1. The molecule has 2 saturated carbocycles. The Bertz CT molecular complexity index is 1480. The number of pyridine rings is 1. The van der Waals surface area contributed by atoms with Crippen LogP contribution in [0.2, 0.25) is 0 Å². The van der Waals surface area contributed by atoms with E-state index >= 15 is 0 Å². The number of fused-ring (bicyclic) bond motifs is 1. The lowest BCUT2D eigenvalue weighted by molar-refractivity contribution is 0.318. The highest BCUT2D eigenvalue weighted by molar-refractivity contribution is 5.80. The number of hydrogen-bond donors (Lipinski definition) is 1. The number of nitriles is 1. The Morgan fingerprint density at radius 3 is 2.65 bits per heavy atom. The minimum atomic E-state index is -0.487. The van der Waals surface area contributed by atoms with Crippen LogP contribution < -0.4 is 5.56 Å². The molecule has 2 atom stereocenters. The van der Waals surface area contributed by atoms with Crippen LogP contribution in [0.5, 0.6) is 0 Å². The zero-order valence-corrected chi connectivity index (χ0v) is 18.3. The second-order valence-corrected chi connectivity index (χ2v) is 8.96. The van der Waals surface area contributed by atoms with Crippen molar-refractivity contribution in [2.24, 2.45) is 0 Å². The second kappa shape index (κ2) is 8.09. The summed E-state index contributed by atoms with van der Waals surface area (Å²) in [6.45, 7) is 0.481. The third-order valence-electron chi connectivity index (χ3n) is 6.81. The molecule has 0 aromatic carbocycles. The van der Waals surface area contributed by atoms with Gasteiger partial charge in [-0.1, -0.05) is 6.07 Å². The Balaban J connectivity index is 1.34. The molecule has 0 aliphatic heterocycles. The van der Waals surface area contributed by atoms with E-state index in [4.69, 9.17) is 4.98 Å². The molecule has 0 spiro atoms. The molecule has 170 valence electrons. The van der Waals surface area contributed by atoms with Gasteiger partial charge in [-0.2, -0.15) is 10.4 Å². The highest BCUT2D eigenvalue weighted by Crippen LogP contribution is 2.46. The predicted molar refractivity (Wildman–Crippen MR) is 119 cm³/mol. The number of rotatable bonds is 6. The first-order valence-corrected chi connectivity index (χ1v) is 11.4. The number of halogens is 1. The SMILES string of the molecule is N#Cc1nn(CCc2cccnc2C2CC2)c2nc([C@H]3CC[C@@H]3c3ncc(F)cn3)[nH]c(=O)c12. The van der Waals surface area contributed by atoms with Gasteiger partial charge in [-0.05, 0) is 43.7 Å². The van der Waals surface area contributed by atoms with E-state index in [9.17, 15) is 14.4 Å². The van der Waals surface area contributed by atoms with Gasteiger partial charge in [0.05, 0.1) is 12.4 Å². The first kappa shape index (κ1) is 20.6. The summed E-state index contributed by atoms with van der Waals surface area (Å²) >= 11 is 0. The average molecular weight is 456 g/mol. The number of hydrogen-bond acceptors (Lipinski definition) is 7. The molecule has 6 rings (SSSR count). The lowest BCUT2D eigenvalue weighted by atomic mass is 9.72. The van der Waals surface area contributed by atoms with Gasteiger partial charge in [-0.25, -0.2) is 24.0 Å². The number of aromatic amines is 1. The van der Waals surface area contributed by atoms with Gasteiger partial charge >= 0.3 is 0 Å². The molecular weight excluding hydrogens is 435 g/mol. The van der Waals surface area contributed by atoms with E-state index in [1.165, 1.54) is 0 Å². The van der Waals surface area contributed by atoms with E-state index < -0.39 is 5.82 Å². The number of H-pyrrole nitrogens is 1. The normalized spacial score (nSPS) is 19.6. The maximum atomic E-state index is 13.2. The first-order valence-electron chi connectivity index (χ1n) is 11.4. The molecule has 4 aromatic rings. The zero-order valence-electron chi connectivity index (χ0n) is 18.3. The lowest BCUT2D eigenvalue weighted by Crippen LogP contribution is -2.28. The minimum Gasteiger partial charge on any atom is -0.310 e. The Labute approximate surface area is 193 Å². The summed E-state index contributed by atoms with van der Waals surface area (Å²) in [4.78, 5) is 33.3. The molecule has 2 fully saturated rings. The van der Waals surface area contributed by atoms with Gasteiger partial charge in [0.1, 0.15) is 23.1 Å². The molecule has 0 radical (unpaired) electrons. The summed E-state index contributed by atoms with van der Waals surface area (Å²) in [6.07, 6.45) is 8.76. The molecule has 2 aliphatic rings. The molecule has 9 nitrogen and oxygen atoms in total. The van der Waals surface area contributed by atoms with Crippen LogP contribution in [-0.2, 0) is 13.0 Å². The molecular formula is C24H21FN8O. The molecule has 4 aromatic heterocycles. The molecule has 0 bridgehead atoms. The fourth-order valence-electron chi connectivity index (χ4n) is 4.77. The first-order chi connectivity index (χ1) is 16.6. The Hall–Kier alpha value is -4.00. The zero-order chi connectivity index (χ0) is 23.2. The van der Waals surface area contributed by atoms with Crippen molar-refractivity contribution >= 4 is 11.0 Å². The molecule has 34 heavy (non-hydrogen) atoms. The van der Waals surface area contributed by atoms with E-state index in [1.807, 2.05) is 18.3 Å². The molecule has 10 heteroatoms. The monoisotopic (exact) mass is 456 g/mol. The van der Waals surface area contributed by atoms with E-state index in [-0.39, 0.29) is 28.5 Å². The largest absolute Gasteiger partial charge is 0.310 e. The van der Waals surface area contributed by atoms with Gasteiger partial charge in [-0.15, -0.1) is 0 Å². The summed E-state index contributed by atoms with van der Waals surface area (Å²) in [7, 11) is 0. The number of nitrogens with one attached hydrogen (secondary N) is 1. The quantitative estimate of drug-likeness (QED) is 0.472. The topological polar surface area (TPSA) is 126 Å². The van der Waals surface area contributed by atoms with Gasteiger partial charge in [0.25, 0.3) is 5.56 Å². The Morgan fingerprint density at radius 1 is 1.15 bits per heavy atom. The van der Waals surface area contributed by atoms with Crippen molar-refractivity contribution in [2.75, 3.05) is 0 Å². The Morgan fingerprint density at radius 2 is 1.94 bits per heavy atom. The molecule has 0 unspecified atom stereocenters. The van der Waals surface area contributed by atoms with Gasteiger partial charge in [0.15, 0.2) is 17.2 Å². The van der Waals surface area contributed by atoms with Crippen molar-refractivity contribution in [2.45, 2.75) is 56.4 Å². The molecule has 2 aliphatic carbocycles. The van der Waals surface area contributed by atoms with Crippen molar-refractivity contribution in [3.8, 4) is 6.07 Å². The second-order valence-electron chi connectivity index (χ2n) is 8.96. The van der Waals surface area contributed by atoms with Crippen LogP contribution in [0.3, 0.4) is 0 Å². The summed E-state index contributed by atoms with van der Waals surface area (Å²) in [5.41, 5.74) is 2.37. The summed E-state index contributed by atoms with van der Waals surface area (Å²) in [5, 5.41) is 14.2. The van der Waals surface area contributed by atoms with Crippen molar-refractivity contribution in [1.82, 2.24) is 34.7 Å². The van der Waals surface area contributed by atoms with Gasteiger partial charge in [0.2, 0.25) is 0 Å². The molecule has 4 heterocycles. The third kappa shape index (κ3) is 3.53. The van der Waals surface area contributed by atoms with Crippen molar-refractivity contribution < 1.29 is 4.39 Å². The number of aryl methyl sites for hydroxylation is 2. The smallest absolute Gasteiger partial charge is 0.263 e. The highest BCUT2D eigenvalue weighted by atomic mass is 19.1. The maximum Gasteiger partial charge on any atom is 0.263 e. The number of nitrogens with zero attached hydrogens (tertiary/aromatic N) is 7. The summed E-state index contributed by atoms with van der Waals surface area (Å²) in [5.74, 6) is 0.958. The van der Waals surface area contributed by atoms with Crippen LogP contribution in [-0.4, -0.2) is 34.7 Å². The lowest BCUT2D eigenvalue weighted by Gasteiger charge is -2.34. The molecule has 1 N–H and O–H groups in total. The van der Waals surface area contributed by atoms with E-state index in [2.05, 4.69) is 31.1 Å². The summed E-state index contributed by atoms with van der Waals surface area (Å²) in [6, 6.07) is 6.03. The fraction of sp³-hybridized carbons (Fsp3) is 0.375. The van der Waals surface area contributed by atoms with Crippen LogP contribution in [0.4, 0.5) is 4.39 Å². The fourth-order valence-corrected chi connectivity index (χ4v) is 4.77. The van der Waals surface area contributed by atoms with Gasteiger partial charge < -0.3 is 4.98 Å². The van der Waals surface area contributed by atoms with Crippen LogP contribution in [0, 0.1) is 17.1 Å². The summed E-state index contributed by atoms with van der Waals surface area (Å²) < 4.78 is 14.9. The maximum absolute atomic E-state index is 13.2. The van der Waals surface area contributed by atoms with E-state index in [1.54, 1.807) is 4.68 Å². The number of aromatic nitrogens is 7. The van der Waals surface area contributed by atoms with Gasteiger partial charge in [-0.3, -0.25) is 9.78 Å². The van der Waals surface area contributed by atoms with Crippen LogP contribution in [0.15, 0.2) is 35.5 Å². The van der Waals surface area contributed by atoms with E-state index in [0.717, 1.165) is 49.3 Å². The third-order valence-corrected chi connectivity index (χ3v) is 6.81. The van der Waals surface area contributed by atoms with Crippen molar-refractivity contribution in [1.29, 1.82) is 5.26 Å². The van der Waals surface area contributed by atoms with Crippen molar-refractivity contribution in [3.63, 3.8) is 0 Å². The Kier molecular flexibility index (Phi) is 4.90.